The number of hydrogen-bond donors (Lipinski definition) is 2. The van der Waals surface area contributed by atoms with Crippen molar-refractivity contribution in [2.45, 2.75) is 18.9 Å². The molecule has 1 saturated heterocycles. The average Bonchev–Trinajstić information content (AvgIpc) is 2.34. The van der Waals surface area contributed by atoms with Gasteiger partial charge in [0.1, 0.15) is 0 Å². The second-order valence-corrected chi connectivity index (χ2v) is 6.18. The summed E-state index contributed by atoms with van der Waals surface area (Å²) in [6.45, 7) is 0. The topological polar surface area (TPSA) is 55.1 Å². The van der Waals surface area contributed by atoms with Gasteiger partial charge in [-0.3, -0.25) is 4.79 Å². The van der Waals surface area contributed by atoms with Gasteiger partial charge in [-0.25, -0.2) is 0 Å². The normalized spacial score (nSPS) is 16.8. The zero-order valence-electron chi connectivity index (χ0n) is 9.41. The highest BCUT2D eigenvalue weighted by atomic mass is 79.9. The molecule has 92 valence electrons. The Hall–Kier alpha value is -0.680. The number of rotatable bonds is 2. The van der Waals surface area contributed by atoms with E-state index in [0.29, 0.717) is 17.3 Å². The first-order valence-electron chi connectivity index (χ1n) is 5.60. The molecule has 0 spiro atoms. The molecule has 1 fully saturated rings. The molecule has 0 saturated carbocycles. The summed E-state index contributed by atoms with van der Waals surface area (Å²) >= 11 is 5.28. The van der Waals surface area contributed by atoms with Crippen LogP contribution in [0.1, 0.15) is 23.2 Å². The van der Waals surface area contributed by atoms with E-state index < -0.39 is 0 Å². The maximum Gasteiger partial charge on any atom is 0.251 e. The van der Waals surface area contributed by atoms with Crippen molar-refractivity contribution < 1.29 is 4.79 Å². The number of carbonyl (C=O) groups is 1. The van der Waals surface area contributed by atoms with Crippen molar-refractivity contribution in [2.24, 2.45) is 0 Å². The zero-order valence-corrected chi connectivity index (χ0v) is 11.8. The number of nitrogen functional groups attached to an aromatic ring is 1. The van der Waals surface area contributed by atoms with Gasteiger partial charge in [-0.05, 0) is 58.5 Å². The lowest BCUT2D eigenvalue weighted by atomic mass is 10.1. The Morgan fingerprint density at radius 2 is 2.12 bits per heavy atom. The van der Waals surface area contributed by atoms with Crippen molar-refractivity contribution in [3.05, 3.63) is 28.2 Å². The molecule has 5 heteroatoms. The number of amides is 1. The van der Waals surface area contributed by atoms with Crippen molar-refractivity contribution in [3.63, 3.8) is 0 Å². The molecule has 0 atom stereocenters. The fourth-order valence-electron chi connectivity index (χ4n) is 1.78. The molecule has 1 aromatic carbocycles. The number of thioether (sulfide) groups is 1. The van der Waals surface area contributed by atoms with Crippen LogP contribution in [-0.4, -0.2) is 23.5 Å². The largest absolute Gasteiger partial charge is 0.398 e. The van der Waals surface area contributed by atoms with Crippen LogP contribution in [0.15, 0.2) is 22.7 Å². The summed E-state index contributed by atoms with van der Waals surface area (Å²) < 4.78 is 0.768. The molecule has 0 aliphatic carbocycles. The van der Waals surface area contributed by atoms with Crippen LogP contribution in [0.2, 0.25) is 0 Å². The number of nitrogens with one attached hydrogen (secondary N) is 1. The van der Waals surface area contributed by atoms with Gasteiger partial charge < -0.3 is 11.1 Å². The summed E-state index contributed by atoms with van der Waals surface area (Å²) in [6.07, 6.45) is 2.12. The van der Waals surface area contributed by atoms with E-state index in [1.807, 2.05) is 11.8 Å². The van der Waals surface area contributed by atoms with Crippen molar-refractivity contribution in [1.29, 1.82) is 0 Å². The van der Waals surface area contributed by atoms with Crippen molar-refractivity contribution in [1.82, 2.24) is 5.32 Å². The Kier molecular flexibility index (Phi) is 4.34. The molecule has 1 aliphatic rings. The van der Waals surface area contributed by atoms with Crippen LogP contribution >= 0.6 is 27.7 Å². The molecule has 1 amide bonds. The van der Waals surface area contributed by atoms with Gasteiger partial charge in [0.15, 0.2) is 0 Å². The predicted molar refractivity (Wildman–Crippen MR) is 76.4 cm³/mol. The minimum atomic E-state index is -0.0115. The number of nitrogens with two attached hydrogens (primary N) is 1. The highest BCUT2D eigenvalue weighted by Gasteiger charge is 2.17. The second-order valence-electron chi connectivity index (χ2n) is 4.10. The first-order valence-corrected chi connectivity index (χ1v) is 7.55. The summed E-state index contributed by atoms with van der Waals surface area (Å²) in [5.74, 6) is 2.26. The van der Waals surface area contributed by atoms with E-state index in [1.165, 1.54) is 0 Å². The molecule has 1 aromatic rings. The van der Waals surface area contributed by atoms with Crippen LogP contribution in [0.4, 0.5) is 5.69 Å². The van der Waals surface area contributed by atoms with Crippen LogP contribution in [0.5, 0.6) is 0 Å². The number of carbonyl (C=O) groups excluding carboxylic acids is 1. The summed E-state index contributed by atoms with van der Waals surface area (Å²) in [5.41, 5.74) is 7.00. The minimum absolute atomic E-state index is 0.0115. The van der Waals surface area contributed by atoms with Gasteiger partial charge in [-0.15, -0.1) is 0 Å². The van der Waals surface area contributed by atoms with E-state index in [0.717, 1.165) is 28.8 Å². The molecule has 3 N–H and O–H groups in total. The van der Waals surface area contributed by atoms with Crippen molar-refractivity contribution >= 4 is 39.3 Å². The maximum absolute atomic E-state index is 12.0. The van der Waals surface area contributed by atoms with E-state index in [9.17, 15) is 4.79 Å². The van der Waals surface area contributed by atoms with E-state index in [4.69, 9.17) is 5.73 Å². The fraction of sp³-hybridized carbons (Fsp3) is 0.417. The fourth-order valence-corrected chi connectivity index (χ4v) is 3.26. The molecule has 0 bridgehead atoms. The van der Waals surface area contributed by atoms with Gasteiger partial charge in [0.05, 0.1) is 0 Å². The summed E-state index contributed by atoms with van der Waals surface area (Å²) in [6, 6.07) is 5.59. The van der Waals surface area contributed by atoms with Crippen molar-refractivity contribution in [2.75, 3.05) is 17.2 Å². The first-order chi connectivity index (χ1) is 8.16. The van der Waals surface area contributed by atoms with E-state index >= 15 is 0 Å². The van der Waals surface area contributed by atoms with E-state index in [-0.39, 0.29) is 5.91 Å². The third-order valence-corrected chi connectivity index (χ3v) is 4.55. The molecule has 3 nitrogen and oxygen atoms in total. The lowest BCUT2D eigenvalue weighted by Crippen LogP contribution is -2.37. The minimum Gasteiger partial charge on any atom is -0.398 e. The van der Waals surface area contributed by atoms with E-state index in [2.05, 4.69) is 21.2 Å². The van der Waals surface area contributed by atoms with Crippen LogP contribution in [0, 0.1) is 0 Å². The summed E-state index contributed by atoms with van der Waals surface area (Å²) in [7, 11) is 0. The Labute approximate surface area is 114 Å². The Balaban J connectivity index is 2.01. The van der Waals surface area contributed by atoms with Crippen LogP contribution < -0.4 is 11.1 Å². The van der Waals surface area contributed by atoms with Gasteiger partial charge in [-0.1, -0.05) is 0 Å². The number of hydrogen-bond acceptors (Lipinski definition) is 3. The molecule has 2 rings (SSSR count). The van der Waals surface area contributed by atoms with Gasteiger partial charge in [-0.2, -0.15) is 11.8 Å². The van der Waals surface area contributed by atoms with Gasteiger partial charge >= 0.3 is 0 Å². The van der Waals surface area contributed by atoms with Crippen LogP contribution in [0.3, 0.4) is 0 Å². The highest BCUT2D eigenvalue weighted by molar-refractivity contribution is 9.10. The Morgan fingerprint density at radius 1 is 1.41 bits per heavy atom. The molecule has 0 unspecified atom stereocenters. The highest BCUT2D eigenvalue weighted by Crippen LogP contribution is 2.21. The van der Waals surface area contributed by atoms with Gasteiger partial charge in [0.25, 0.3) is 5.91 Å². The van der Waals surface area contributed by atoms with E-state index in [1.54, 1.807) is 18.2 Å². The number of benzene rings is 1. The molecule has 1 aliphatic heterocycles. The first kappa shape index (κ1) is 12.8. The predicted octanol–water partition coefficient (Wildman–Crippen LogP) is 2.66. The molecule has 17 heavy (non-hydrogen) atoms. The monoisotopic (exact) mass is 314 g/mol. The number of anilines is 1. The molecular formula is C12H15BrN2OS. The lowest BCUT2D eigenvalue weighted by Gasteiger charge is -2.22. The van der Waals surface area contributed by atoms with Crippen LogP contribution in [-0.2, 0) is 0 Å². The quantitative estimate of drug-likeness (QED) is 0.825. The van der Waals surface area contributed by atoms with Crippen molar-refractivity contribution in [3.8, 4) is 0 Å². The Morgan fingerprint density at radius 3 is 2.76 bits per heavy atom. The third-order valence-electron chi connectivity index (χ3n) is 2.82. The van der Waals surface area contributed by atoms with Gasteiger partial charge in [0, 0.05) is 21.8 Å². The smallest absolute Gasteiger partial charge is 0.251 e. The average molecular weight is 315 g/mol. The van der Waals surface area contributed by atoms with Gasteiger partial charge in [0.2, 0.25) is 0 Å². The summed E-state index contributed by atoms with van der Waals surface area (Å²) in [5, 5.41) is 3.07. The standard InChI is InChI=1S/C12H15BrN2OS/c13-10-7-8(1-2-11(10)14)12(16)15-9-3-5-17-6-4-9/h1-2,7,9H,3-6,14H2,(H,15,16). The SMILES string of the molecule is Nc1ccc(C(=O)NC2CCSCC2)cc1Br. The second kappa shape index (κ2) is 5.78. The molecule has 0 radical (unpaired) electrons. The summed E-state index contributed by atoms with van der Waals surface area (Å²) in [4.78, 5) is 12.0. The van der Waals surface area contributed by atoms with Crippen LogP contribution in [0.25, 0.3) is 0 Å². The third kappa shape index (κ3) is 3.39. The zero-order chi connectivity index (χ0) is 12.3. The molecule has 0 aromatic heterocycles. The maximum atomic E-state index is 12.0. The number of halogens is 1. The molecular weight excluding hydrogens is 300 g/mol. The lowest BCUT2D eigenvalue weighted by molar-refractivity contribution is 0.0935. The molecule has 1 heterocycles. The Bertz CT molecular complexity index is 419.